The van der Waals surface area contributed by atoms with E-state index >= 15 is 0 Å². The lowest BCUT2D eigenvalue weighted by molar-refractivity contribution is -0.140. The quantitative estimate of drug-likeness (QED) is 0.0898. The molecule has 230 valence electrons. The number of carbonyl (C=O) groups is 3. The standard InChI is InChI=1S/C35H36O9/c1-25(2)34(38)43-23-22-41-30-13-11-29(12-14-30)28-9-6-27(7-10-28)8-19-33(37)44-32-17-15-31(16-18-32)40-20-4-5-21-42-35(39)26(3)24-36/h6-19,36H,1,3-5,20-24H2,2H3/b19-8+. The van der Waals surface area contributed by atoms with Crippen LogP contribution in [0.3, 0.4) is 0 Å². The molecule has 0 atom stereocenters. The lowest BCUT2D eigenvalue weighted by atomic mass is 10.0. The highest BCUT2D eigenvalue weighted by Gasteiger charge is 2.07. The fourth-order valence-corrected chi connectivity index (χ4v) is 3.59. The number of aliphatic hydroxyl groups is 1. The van der Waals surface area contributed by atoms with E-state index in [9.17, 15) is 14.4 Å². The zero-order valence-electron chi connectivity index (χ0n) is 24.7. The largest absolute Gasteiger partial charge is 0.494 e. The number of hydrogen-bond donors (Lipinski definition) is 1. The van der Waals surface area contributed by atoms with Gasteiger partial charge >= 0.3 is 17.9 Å². The summed E-state index contributed by atoms with van der Waals surface area (Å²) in [5, 5.41) is 8.84. The van der Waals surface area contributed by atoms with Crippen LogP contribution in [0.5, 0.6) is 17.2 Å². The molecule has 0 saturated carbocycles. The van der Waals surface area contributed by atoms with Crippen LogP contribution in [-0.4, -0.2) is 56.0 Å². The topological polar surface area (TPSA) is 118 Å². The summed E-state index contributed by atoms with van der Waals surface area (Å²) in [5.74, 6) is 0.128. The van der Waals surface area contributed by atoms with E-state index in [0.717, 1.165) is 16.7 Å². The normalized spacial score (nSPS) is 10.6. The number of benzene rings is 3. The molecule has 0 radical (unpaired) electrons. The molecule has 0 fully saturated rings. The lowest BCUT2D eigenvalue weighted by Crippen LogP contribution is -2.12. The van der Waals surface area contributed by atoms with Crippen molar-refractivity contribution >= 4 is 24.0 Å². The van der Waals surface area contributed by atoms with E-state index in [1.807, 2.05) is 48.5 Å². The highest BCUT2D eigenvalue weighted by Crippen LogP contribution is 2.23. The van der Waals surface area contributed by atoms with Crippen molar-refractivity contribution in [3.05, 3.63) is 109 Å². The van der Waals surface area contributed by atoms with Crippen LogP contribution in [0.1, 0.15) is 25.3 Å². The zero-order valence-corrected chi connectivity index (χ0v) is 24.7. The van der Waals surface area contributed by atoms with Gasteiger partial charge in [0.05, 0.1) is 25.4 Å². The number of carbonyl (C=O) groups excluding carboxylic acids is 3. The van der Waals surface area contributed by atoms with Gasteiger partial charge in [-0.25, -0.2) is 14.4 Å². The molecule has 3 rings (SSSR count). The Morgan fingerprint density at radius 2 is 1.20 bits per heavy atom. The number of rotatable bonds is 17. The third-order valence-corrected chi connectivity index (χ3v) is 6.01. The minimum Gasteiger partial charge on any atom is -0.494 e. The summed E-state index contributed by atoms with van der Waals surface area (Å²) >= 11 is 0. The van der Waals surface area contributed by atoms with Crippen LogP contribution >= 0.6 is 0 Å². The molecule has 0 saturated heterocycles. The van der Waals surface area contributed by atoms with Gasteiger partial charge in [-0.2, -0.15) is 0 Å². The molecule has 0 unspecified atom stereocenters. The molecule has 3 aromatic rings. The molecule has 9 heteroatoms. The number of hydrogen-bond acceptors (Lipinski definition) is 9. The van der Waals surface area contributed by atoms with Crippen LogP contribution in [0.25, 0.3) is 17.2 Å². The summed E-state index contributed by atoms with van der Waals surface area (Å²) in [5.41, 5.74) is 3.21. The summed E-state index contributed by atoms with van der Waals surface area (Å²) in [7, 11) is 0. The Morgan fingerprint density at radius 3 is 1.82 bits per heavy atom. The van der Waals surface area contributed by atoms with Gasteiger partial charge in [-0.05, 0) is 78.9 Å². The summed E-state index contributed by atoms with van der Waals surface area (Å²) < 4.78 is 26.6. The van der Waals surface area contributed by atoms with Crippen LogP contribution in [0, 0.1) is 0 Å². The molecule has 44 heavy (non-hydrogen) atoms. The molecule has 0 spiro atoms. The third kappa shape index (κ3) is 11.6. The monoisotopic (exact) mass is 600 g/mol. The van der Waals surface area contributed by atoms with Crippen LogP contribution in [0.2, 0.25) is 0 Å². The summed E-state index contributed by atoms with van der Waals surface area (Å²) in [6.07, 6.45) is 4.32. The number of ether oxygens (including phenoxy) is 5. The second-order valence-electron chi connectivity index (χ2n) is 9.59. The average molecular weight is 601 g/mol. The van der Waals surface area contributed by atoms with E-state index in [1.54, 1.807) is 37.3 Å². The highest BCUT2D eigenvalue weighted by molar-refractivity contribution is 5.89. The second kappa shape index (κ2) is 17.7. The van der Waals surface area contributed by atoms with Gasteiger partial charge in [0.2, 0.25) is 0 Å². The van der Waals surface area contributed by atoms with E-state index in [0.29, 0.717) is 42.3 Å². The third-order valence-electron chi connectivity index (χ3n) is 6.01. The number of aliphatic hydroxyl groups excluding tert-OH is 1. The smallest absolute Gasteiger partial charge is 0.336 e. The van der Waals surface area contributed by atoms with Crippen LogP contribution in [-0.2, 0) is 23.9 Å². The molecule has 0 aliphatic heterocycles. The summed E-state index contributed by atoms with van der Waals surface area (Å²) in [4.78, 5) is 35.1. The maximum absolute atomic E-state index is 12.3. The molecule has 0 aliphatic rings. The molecule has 3 aromatic carbocycles. The van der Waals surface area contributed by atoms with Gasteiger partial charge in [0, 0.05) is 11.6 Å². The fourth-order valence-electron chi connectivity index (χ4n) is 3.59. The van der Waals surface area contributed by atoms with Crippen LogP contribution in [0.4, 0.5) is 0 Å². The maximum Gasteiger partial charge on any atom is 0.336 e. The molecule has 0 amide bonds. The molecular formula is C35H36O9. The Balaban J connectivity index is 1.37. The Kier molecular flexibility index (Phi) is 13.4. The van der Waals surface area contributed by atoms with Gasteiger partial charge in [-0.3, -0.25) is 0 Å². The molecule has 0 heterocycles. The number of unbranched alkanes of at least 4 members (excludes halogenated alkanes) is 1. The van der Waals surface area contributed by atoms with E-state index < -0.39 is 24.5 Å². The minimum atomic E-state index is -0.601. The molecular weight excluding hydrogens is 564 g/mol. The predicted molar refractivity (Wildman–Crippen MR) is 166 cm³/mol. The van der Waals surface area contributed by atoms with Gasteiger partial charge < -0.3 is 28.8 Å². The van der Waals surface area contributed by atoms with Gasteiger partial charge in [0.15, 0.2) is 0 Å². The van der Waals surface area contributed by atoms with E-state index in [1.165, 1.54) is 6.08 Å². The molecule has 0 aliphatic carbocycles. The van der Waals surface area contributed by atoms with Gasteiger partial charge in [0.25, 0.3) is 0 Å². The summed E-state index contributed by atoms with van der Waals surface area (Å²) in [6.45, 7) is 9.15. The van der Waals surface area contributed by atoms with E-state index in [2.05, 4.69) is 13.2 Å². The molecule has 9 nitrogen and oxygen atoms in total. The average Bonchev–Trinajstić information content (AvgIpc) is 3.04. The first-order chi connectivity index (χ1) is 21.2. The summed E-state index contributed by atoms with van der Waals surface area (Å²) in [6, 6.07) is 22.0. The first kappa shape index (κ1) is 33.4. The van der Waals surface area contributed by atoms with Gasteiger partial charge in [0.1, 0.15) is 30.5 Å². The van der Waals surface area contributed by atoms with E-state index in [4.69, 9.17) is 28.8 Å². The SMILES string of the molecule is C=C(C)C(=O)OCCOc1ccc(-c2ccc(/C=C/C(=O)Oc3ccc(OCCCCOC(=O)C(=C)CO)cc3)cc2)cc1. The highest BCUT2D eigenvalue weighted by atomic mass is 16.6. The Morgan fingerprint density at radius 1 is 0.682 bits per heavy atom. The van der Waals surface area contributed by atoms with E-state index in [-0.39, 0.29) is 25.4 Å². The minimum absolute atomic E-state index is 0.0252. The van der Waals surface area contributed by atoms with Crippen molar-refractivity contribution < 1.29 is 43.2 Å². The predicted octanol–water partition coefficient (Wildman–Crippen LogP) is 5.72. The Labute approximate surface area is 257 Å². The first-order valence-corrected chi connectivity index (χ1v) is 14.0. The van der Waals surface area contributed by atoms with Gasteiger partial charge in [-0.15, -0.1) is 0 Å². The van der Waals surface area contributed by atoms with Crippen molar-refractivity contribution in [2.75, 3.05) is 33.0 Å². The van der Waals surface area contributed by atoms with Crippen molar-refractivity contribution in [1.82, 2.24) is 0 Å². The van der Waals surface area contributed by atoms with Crippen molar-refractivity contribution in [2.45, 2.75) is 19.8 Å². The zero-order chi connectivity index (χ0) is 31.7. The maximum atomic E-state index is 12.3. The fraction of sp³-hybridized carbons (Fsp3) is 0.229. The first-order valence-electron chi connectivity index (χ1n) is 14.0. The van der Waals surface area contributed by atoms with Crippen molar-refractivity contribution in [3.63, 3.8) is 0 Å². The molecule has 1 N–H and O–H groups in total. The number of esters is 3. The Bertz CT molecular complexity index is 1440. The van der Waals surface area contributed by atoms with Crippen molar-refractivity contribution in [2.24, 2.45) is 0 Å². The Hall–Kier alpha value is -5.15. The molecule has 0 aromatic heterocycles. The van der Waals surface area contributed by atoms with Crippen LogP contribution < -0.4 is 14.2 Å². The van der Waals surface area contributed by atoms with Crippen LogP contribution in [0.15, 0.2) is 103 Å². The molecule has 0 bridgehead atoms. The lowest BCUT2D eigenvalue weighted by Gasteiger charge is -2.08. The van der Waals surface area contributed by atoms with Crippen molar-refractivity contribution in [3.8, 4) is 28.4 Å². The van der Waals surface area contributed by atoms with Gasteiger partial charge in [-0.1, -0.05) is 49.6 Å². The second-order valence-corrected chi connectivity index (χ2v) is 9.59. The van der Waals surface area contributed by atoms with Crippen molar-refractivity contribution in [1.29, 1.82) is 0 Å².